The van der Waals surface area contributed by atoms with Crippen LogP contribution in [-0.2, 0) is 6.54 Å². The molecule has 2 heterocycles. The highest BCUT2D eigenvalue weighted by Crippen LogP contribution is 2.18. The van der Waals surface area contributed by atoms with E-state index in [9.17, 15) is 9.90 Å². The second-order valence-corrected chi connectivity index (χ2v) is 6.63. The summed E-state index contributed by atoms with van der Waals surface area (Å²) in [6.45, 7) is 5.90. The second-order valence-electron chi connectivity index (χ2n) is 6.63. The molecule has 0 radical (unpaired) electrons. The number of hydrogen-bond acceptors (Lipinski definition) is 4. The Kier molecular flexibility index (Phi) is 5.33. The number of amides is 2. The highest BCUT2D eigenvalue weighted by Gasteiger charge is 2.23. The van der Waals surface area contributed by atoms with Crippen molar-refractivity contribution in [3.05, 3.63) is 41.5 Å². The first-order chi connectivity index (χ1) is 12.0. The molecule has 1 unspecified atom stereocenters. The van der Waals surface area contributed by atoms with Gasteiger partial charge in [-0.25, -0.2) is 14.5 Å². The molecule has 7 heteroatoms. The Morgan fingerprint density at radius 2 is 2.24 bits per heavy atom. The van der Waals surface area contributed by atoms with Crippen molar-refractivity contribution in [2.24, 2.45) is 5.92 Å². The van der Waals surface area contributed by atoms with Gasteiger partial charge in [-0.2, -0.15) is 5.10 Å². The van der Waals surface area contributed by atoms with E-state index in [2.05, 4.69) is 15.4 Å². The van der Waals surface area contributed by atoms with Crippen LogP contribution in [0.5, 0.6) is 0 Å². The summed E-state index contributed by atoms with van der Waals surface area (Å²) in [5.41, 5.74) is 1.82. The van der Waals surface area contributed by atoms with E-state index in [1.165, 1.54) is 0 Å². The minimum Gasteiger partial charge on any atom is -0.396 e. The van der Waals surface area contributed by atoms with Crippen LogP contribution in [0.25, 0.3) is 0 Å². The molecule has 1 fully saturated rings. The molecule has 0 saturated carbocycles. The fourth-order valence-electron chi connectivity index (χ4n) is 3.23. The van der Waals surface area contributed by atoms with Crippen molar-refractivity contribution < 1.29 is 9.90 Å². The van der Waals surface area contributed by atoms with Gasteiger partial charge in [-0.15, -0.1) is 0 Å². The van der Waals surface area contributed by atoms with Crippen LogP contribution in [0.1, 0.15) is 30.1 Å². The van der Waals surface area contributed by atoms with Crippen molar-refractivity contribution in [1.29, 1.82) is 0 Å². The van der Waals surface area contributed by atoms with E-state index >= 15 is 0 Å². The number of urea groups is 1. The van der Waals surface area contributed by atoms with Crippen LogP contribution in [0.2, 0.25) is 0 Å². The topological polar surface area (TPSA) is 83.3 Å². The highest BCUT2D eigenvalue weighted by molar-refractivity contribution is 5.89. The van der Waals surface area contributed by atoms with E-state index in [0.717, 1.165) is 42.3 Å². The lowest BCUT2D eigenvalue weighted by Crippen LogP contribution is -2.43. The number of likely N-dealkylation sites (tertiary alicyclic amines) is 1. The van der Waals surface area contributed by atoms with Crippen molar-refractivity contribution in [1.82, 2.24) is 19.7 Å². The number of aryl methyl sites for hydroxylation is 2. The molecule has 1 aromatic heterocycles. The molecule has 0 aliphatic carbocycles. The normalized spacial score (nSPS) is 17.6. The molecule has 2 amide bonds. The van der Waals surface area contributed by atoms with Gasteiger partial charge in [0.05, 0.1) is 6.54 Å². The van der Waals surface area contributed by atoms with Gasteiger partial charge >= 0.3 is 6.03 Å². The van der Waals surface area contributed by atoms with E-state index < -0.39 is 0 Å². The van der Waals surface area contributed by atoms with E-state index in [-0.39, 0.29) is 18.6 Å². The summed E-state index contributed by atoms with van der Waals surface area (Å²) in [6, 6.07) is 7.67. The van der Waals surface area contributed by atoms with Crippen molar-refractivity contribution >= 4 is 11.7 Å². The van der Waals surface area contributed by atoms with Crippen molar-refractivity contribution in [2.45, 2.75) is 33.2 Å². The number of anilines is 1. The fourth-order valence-corrected chi connectivity index (χ4v) is 3.23. The zero-order valence-electron chi connectivity index (χ0n) is 14.8. The van der Waals surface area contributed by atoms with Gasteiger partial charge in [0.1, 0.15) is 11.6 Å². The summed E-state index contributed by atoms with van der Waals surface area (Å²) >= 11 is 0. The molecule has 3 rings (SSSR count). The summed E-state index contributed by atoms with van der Waals surface area (Å²) in [6.07, 6.45) is 1.91. The zero-order chi connectivity index (χ0) is 17.8. The molecule has 2 N–H and O–H groups in total. The van der Waals surface area contributed by atoms with Crippen LogP contribution in [-0.4, -0.2) is 50.5 Å². The Hall–Kier alpha value is -2.41. The third-order valence-corrected chi connectivity index (χ3v) is 4.54. The molecular weight excluding hydrogens is 318 g/mol. The van der Waals surface area contributed by atoms with Gasteiger partial charge in [-0.3, -0.25) is 0 Å². The van der Waals surface area contributed by atoms with E-state index in [1.54, 1.807) is 4.90 Å². The SMILES string of the molecule is Cc1nc(C)n(Cc2cccc(NC(=O)N3CCCC(CO)C3)c2)n1. The second kappa shape index (κ2) is 7.65. The molecule has 1 atom stereocenters. The Bertz CT molecular complexity index is 743. The molecule has 1 aliphatic rings. The summed E-state index contributed by atoms with van der Waals surface area (Å²) in [5, 5.41) is 16.6. The molecule has 1 saturated heterocycles. The summed E-state index contributed by atoms with van der Waals surface area (Å²) in [5.74, 6) is 1.81. The molecule has 134 valence electrons. The Morgan fingerprint density at radius 1 is 1.40 bits per heavy atom. The lowest BCUT2D eigenvalue weighted by atomic mass is 9.99. The van der Waals surface area contributed by atoms with Crippen LogP contribution < -0.4 is 5.32 Å². The lowest BCUT2D eigenvalue weighted by Gasteiger charge is -2.31. The van der Waals surface area contributed by atoms with Gasteiger partial charge in [-0.05, 0) is 50.3 Å². The maximum atomic E-state index is 12.5. The number of aromatic nitrogens is 3. The number of aliphatic hydroxyl groups is 1. The van der Waals surface area contributed by atoms with Crippen LogP contribution in [0, 0.1) is 19.8 Å². The van der Waals surface area contributed by atoms with Gasteiger partial charge < -0.3 is 15.3 Å². The Balaban J connectivity index is 1.65. The molecule has 0 bridgehead atoms. The quantitative estimate of drug-likeness (QED) is 0.891. The zero-order valence-corrected chi connectivity index (χ0v) is 14.8. The molecule has 25 heavy (non-hydrogen) atoms. The van der Waals surface area contributed by atoms with Gasteiger partial charge in [0.25, 0.3) is 0 Å². The van der Waals surface area contributed by atoms with Crippen LogP contribution in [0.3, 0.4) is 0 Å². The summed E-state index contributed by atoms with van der Waals surface area (Å²) in [7, 11) is 0. The number of carbonyl (C=O) groups is 1. The molecule has 1 aliphatic heterocycles. The molecule has 7 nitrogen and oxygen atoms in total. The van der Waals surface area contributed by atoms with Crippen LogP contribution in [0.15, 0.2) is 24.3 Å². The standard InChI is InChI=1S/C18H25N5O2/c1-13-19-14(2)23(21-13)11-15-5-3-7-17(9-15)20-18(25)22-8-4-6-16(10-22)12-24/h3,5,7,9,16,24H,4,6,8,10-12H2,1-2H3,(H,20,25). The number of piperidine rings is 1. The van der Waals surface area contributed by atoms with Crippen molar-refractivity contribution in [2.75, 3.05) is 25.0 Å². The number of nitrogens with zero attached hydrogens (tertiary/aromatic N) is 4. The number of hydrogen-bond donors (Lipinski definition) is 2. The average molecular weight is 343 g/mol. The third-order valence-electron chi connectivity index (χ3n) is 4.54. The molecule has 1 aromatic carbocycles. The largest absolute Gasteiger partial charge is 0.396 e. The van der Waals surface area contributed by atoms with Crippen molar-refractivity contribution in [3.8, 4) is 0 Å². The summed E-state index contributed by atoms with van der Waals surface area (Å²) in [4.78, 5) is 18.6. The van der Waals surface area contributed by atoms with E-state index in [4.69, 9.17) is 0 Å². The predicted molar refractivity (Wildman–Crippen MR) is 95.4 cm³/mol. The third kappa shape index (κ3) is 4.36. The molecule has 0 spiro atoms. The Labute approximate surface area is 147 Å². The van der Waals surface area contributed by atoms with Gasteiger partial charge in [-0.1, -0.05) is 12.1 Å². The number of carbonyl (C=O) groups excluding carboxylic acids is 1. The monoisotopic (exact) mass is 343 g/mol. The summed E-state index contributed by atoms with van der Waals surface area (Å²) < 4.78 is 1.85. The lowest BCUT2D eigenvalue weighted by molar-refractivity contribution is 0.136. The fraction of sp³-hybridized carbons (Fsp3) is 0.500. The van der Waals surface area contributed by atoms with Gasteiger partial charge in [0, 0.05) is 25.4 Å². The maximum Gasteiger partial charge on any atom is 0.321 e. The minimum absolute atomic E-state index is 0.108. The number of rotatable bonds is 4. The first-order valence-electron chi connectivity index (χ1n) is 8.69. The number of benzene rings is 1. The molecular formula is C18H25N5O2. The number of aliphatic hydroxyl groups excluding tert-OH is 1. The maximum absolute atomic E-state index is 12.5. The van der Waals surface area contributed by atoms with Gasteiger partial charge in [0.2, 0.25) is 0 Å². The highest BCUT2D eigenvalue weighted by atomic mass is 16.3. The first kappa shape index (κ1) is 17.4. The van der Waals surface area contributed by atoms with Crippen LogP contribution >= 0.6 is 0 Å². The Morgan fingerprint density at radius 3 is 2.96 bits per heavy atom. The number of nitrogens with one attached hydrogen (secondary N) is 1. The smallest absolute Gasteiger partial charge is 0.321 e. The van der Waals surface area contributed by atoms with Crippen molar-refractivity contribution in [3.63, 3.8) is 0 Å². The molecule has 2 aromatic rings. The first-order valence-corrected chi connectivity index (χ1v) is 8.69. The average Bonchev–Trinajstić information content (AvgIpc) is 2.92. The van der Waals surface area contributed by atoms with E-state index in [0.29, 0.717) is 13.1 Å². The van der Waals surface area contributed by atoms with E-state index in [1.807, 2.05) is 42.8 Å². The predicted octanol–water partition coefficient (Wildman–Crippen LogP) is 2.18. The van der Waals surface area contributed by atoms with Crippen LogP contribution in [0.4, 0.5) is 10.5 Å². The van der Waals surface area contributed by atoms with Gasteiger partial charge in [0.15, 0.2) is 0 Å². The minimum atomic E-state index is -0.108.